The first-order valence-electron chi connectivity index (χ1n) is 15.8. The number of nitrogens with zero attached hydrogens (tertiary/aromatic N) is 1. The van der Waals surface area contributed by atoms with Crippen LogP contribution in [-0.4, -0.2) is 11.5 Å². The Balaban J connectivity index is 1.35. The molecule has 0 fully saturated rings. The van der Waals surface area contributed by atoms with E-state index >= 15 is 0 Å². The third-order valence-corrected chi connectivity index (χ3v) is 8.71. The van der Waals surface area contributed by atoms with E-state index in [0.29, 0.717) is 5.84 Å². The van der Waals surface area contributed by atoms with Crippen molar-refractivity contribution in [1.29, 1.82) is 5.41 Å². The molecule has 0 heterocycles. The van der Waals surface area contributed by atoms with Crippen molar-refractivity contribution in [3.05, 3.63) is 191 Å². The average molecular weight is 598 g/mol. The lowest BCUT2D eigenvalue weighted by atomic mass is 9.83. The maximum atomic E-state index is 8.76. The molecule has 1 aliphatic rings. The SMILES string of the molecule is C=CC1=C(c2cccc(/C(C)=N/C(NC(=N)c3ccccc3)c3ccccc3)c2C)C=C(c2cccc(-c3ccccc3)c2)CC1. The summed E-state index contributed by atoms with van der Waals surface area (Å²) < 4.78 is 0. The van der Waals surface area contributed by atoms with Gasteiger partial charge in [0.15, 0.2) is 0 Å². The van der Waals surface area contributed by atoms with Crippen molar-refractivity contribution in [2.75, 3.05) is 0 Å². The van der Waals surface area contributed by atoms with E-state index in [1.54, 1.807) is 0 Å². The van der Waals surface area contributed by atoms with E-state index < -0.39 is 6.17 Å². The molecular formula is C43H39N3. The fraction of sp³-hybridized carbons (Fsp3) is 0.116. The predicted octanol–water partition coefficient (Wildman–Crippen LogP) is 10.6. The molecule has 0 amide bonds. The Bertz CT molecular complexity index is 1950. The van der Waals surface area contributed by atoms with Crippen LogP contribution in [0.4, 0.5) is 0 Å². The highest BCUT2D eigenvalue weighted by Gasteiger charge is 2.19. The second-order valence-corrected chi connectivity index (χ2v) is 11.7. The van der Waals surface area contributed by atoms with Crippen molar-refractivity contribution in [1.82, 2.24) is 5.32 Å². The smallest absolute Gasteiger partial charge is 0.146 e. The molecule has 2 N–H and O–H groups in total. The van der Waals surface area contributed by atoms with Crippen molar-refractivity contribution in [3.8, 4) is 11.1 Å². The zero-order chi connectivity index (χ0) is 31.9. The Morgan fingerprint density at radius 1 is 0.761 bits per heavy atom. The maximum absolute atomic E-state index is 8.76. The van der Waals surface area contributed by atoms with E-state index in [9.17, 15) is 0 Å². The summed E-state index contributed by atoms with van der Waals surface area (Å²) in [6.45, 7) is 8.44. The van der Waals surface area contributed by atoms with Gasteiger partial charge in [-0.2, -0.15) is 0 Å². The minimum atomic E-state index is -0.405. The summed E-state index contributed by atoms with van der Waals surface area (Å²) >= 11 is 0. The van der Waals surface area contributed by atoms with Gasteiger partial charge in [-0.15, -0.1) is 0 Å². The summed E-state index contributed by atoms with van der Waals surface area (Å²) in [5.74, 6) is 0.341. The zero-order valence-electron chi connectivity index (χ0n) is 26.5. The molecular weight excluding hydrogens is 558 g/mol. The molecule has 1 unspecified atom stereocenters. The molecule has 226 valence electrons. The zero-order valence-corrected chi connectivity index (χ0v) is 26.5. The van der Waals surface area contributed by atoms with Gasteiger partial charge in [0.05, 0.1) is 0 Å². The summed E-state index contributed by atoms with van der Waals surface area (Å²) in [4.78, 5) is 5.18. The van der Waals surface area contributed by atoms with E-state index in [1.807, 2.05) is 54.6 Å². The predicted molar refractivity (Wildman–Crippen MR) is 195 cm³/mol. The van der Waals surface area contributed by atoms with Crippen LogP contribution in [0.2, 0.25) is 0 Å². The second kappa shape index (κ2) is 14.0. The van der Waals surface area contributed by atoms with E-state index in [2.05, 4.69) is 117 Å². The Kier molecular flexibility index (Phi) is 9.31. The summed E-state index contributed by atoms with van der Waals surface area (Å²) in [7, 11) is 0. The molecule has 0 radical (unpaired) electrons. The second-order valence-electron chi connectivity index (χ2n) is 11.7. The molecule has 0 spiro atoms. The summed E-state index contributed by atoms with van der Waals surface area (Å²) in [6, 6.07) is 45.8. The Morgan fingerprint density at radius 2 is 1.39 bits per heavy atom. The number of rotatable bonds is 9. The highest BCUT2D eigenvalue weighted by molar-refractivity contribution is 6.02. The van der Waals surface area contributed by atoms with Crippen LogP contribution in [0.5, 0.6) is 0 Å². The first kappa shape index (κ1) is 30.5. The Hall–Kier alpha value is -5.54. The van der Waals surface area contributed by atoms with Crippen LogP contribution >= 0.6 is 0 Å². The van der Waals surface area contributed by atoms with E-state index in [0.717, 1.165) is 35.2 Å². The van der Waals surface area contributed by atoms with Gasteiger partial charge in [0.1, 0.15) is 12.0 Å². The lowest BCUT2D eigenvalue weighted by molar-refractivity contribution is 0.682. The Labute approximate surface area is 272 Å². The summed E-state index contributed by atoms with van der Waals surface area (Å²) in [5.41, 5.74) is 13.7. The lowest BCUT2D eigenvalue weighted by Crippen LogP contribution is -2.28. The largest absolute Gasteiger partial charge is 0.345 e. The van der Waals surface area contributed by atoms with Crippen LogP contribution in [0.3, 0.4) is 0 Å². The fourth-order valence-electron chi connectivity index (χ4n) is 6.20. The molecule has 5 aromatic rings. The molecule has 1 aliphatic carbocycles. The number of allylic oxidation sites excluding steroid dienone is 5. The normalized spacial score (nSPS) is 14.0. The van der Waals surface area contributed by atoms with Crippen LogP contribution in [0.15, 0.2) is 163 Å². The quantitative estimate of drug-likeness (QED) is 0.129. The molecule has 0 bridgehead atoms. The van der Waals surface area contributed by atoms with E-state index in [-0.39, 0.29) is 0 Å². The molecule has 3 heteroatoms. The molecule has 1 atom stereocenters. The third-order valence-electron chi connectivity index (χ3n) is 8.71. The highest BCUT2D eigenvalue weighted by Crippen LogP contribution is 2.38. The van der Waals surface area contributed by atoms with Crippen LogP contribution in [0, 0.1) is 12.3 Å². The van der Waals surface area contributed by atoms with Gasteiger partial charge in [-0.3, -0.25) is 10.4 Å². The van der Waals surface area contributed by atoms with Gasteiger partial charge in [-0.25, -0.2) is 0 Å². The van der Waals surface area contributed by atoms with Crippen LogP contribution in [0.25, 0.3) is 22.3 Å². The van der Waals surface area contributed by atoms with Crippen LogP contribution in [0.1, 0.15) is 59.3 Å². The molecule has 3 nitrogen and oxygen atoms in total. The van der Waals surface area contributed by atoms with Gasteiger partial charge in [0.2, 0.25) is 0 Å². The number of hydrogen-bond donors (Lipinski definition) is 2. The molecule has 0 saturated carbocycles. The molecule has 0 saturated heterocycles. The van der Waals surface area contributed by atoms with Crippen LogP contribution in [-0.2, 0) is 0 Å². The number of amidine groups is 1. The van der Waals surface area contributed by atoms with Gasteiger partial charge in [0.25, 0.3) is 0 Å². The minimum absolute atomic E-state index is 0.341. The average Bonchev–Trinajstić information content (AvgIpc) is 3.12. The molecule has 5 aromatic carbocycles. The molecule has 0 aromatic heterocycles. The number of hydrogen-bond acceptors (Lipinski definition) is 2. The van der Waals surface area contributed by atoms with Crippen molar-refractivity contribution in [3.63, 3.8) is 0 Å². The standard InChI is InChI=1S/C43H39N3/c1-4-32-26-27-38(37-23-14-22-36(28-37)33-16-8-5-9-17-33)29-41(32)40-25-15-24-39(30(40)2)31(3)45-43(35-20-12-7-13-21-35)46-42(44)34-18-10-6-11-19-34/h4-25,28-29,43H,1,26-27H2,2-3H3,(H2,44,46)/b45-31+. The Morgan fingerprint density at radius 3 is 2.11 bits per heavy atom. The van der Waals surface area contributed by atoms with Crippen LogP contribution < -0.4 is 5.32 Å². The van der Waals surface area contributed by atoms with Crippen molar-refractivity contribution < 1.29 is 0 Å². The van der Waals surface area contributed by atoms with Gasteiger partial charge in [-0.1, -0.05) is 146 Å². The summed E-state index contributed by atoms with van der Waals surface area (Å²) in [5, 5.41) is 12.1. The molecule has 46 heavy (non-hydrogen) atoms. The third kappa shape index (κ3) is 6.74. The maximum Gasteiger partial charge on any atom is 0.146 e. The number of aliphatic imine (C=N–C) groups is 1. The van der Waals surface area contributed by atoms with E-state index in [4.69, 9.17) is 10.4 Å². The van der Waals surface area contributed by atoms with Gasteiger partial charge in [-0.05, 0) is 88.4 Å². The minimum Gasteiger partial charge on any atom is -0.345 e. The van der Waals surface area contributed by atoms with E-state index in [1.165, 1.54) is 44.5 Å². The number of nitrogens with one attached hydrogen (secondary N) is 2. The summed E-state index contributed by atoms with van der Waals surface area (Å²) in [6.07, 6.45) is 5.89. The monoisotopic (exact) mass is 597 g/mol. The topological polar surface area (TPSA) is 48.2 Å². The molecule has 0 aliphatic heterocycles. The van der Waals surface area contributed by atoms with Gasteiger partial charge >= 0.3 is 0 Å². The lowest BCUT2D eigenvalue weighted by Gasteiger charge is -2.22. The van der Waals surface area contributed by atoms with Gasteiger partial charge in [0, 0.05) is 11.3 Å². The van der Waals surface area contributed by atoms with Crippen molar-refractivity contribution >= 4 is 22.7 Å². The van der Waals surface area contributed by atoms with Gasteiger partial charge < -0.3 is 5.32 Å². The van der Waals surface area contributed by atoms with Crippen molar-refractivity contribution in [2.45, 2.75) is 32.9 Å². The molecule has 6 rings (SSSR count). The first-order chi connectivity index (χ1) is 22.5. The number of benzene rings is 5. The van der Waals surface area contributed by atoms with Crippen molar-refractivity contribution in [2.24, 2.45) is 4.99 Å². The fourth-order valence-corrected chi connectivity index (χ4v) is 6.20. The highest BCUT2D eigenvalue weighted by atomic mass is 15.1. The first-order valence-corrected chi connectivity index (χ1v) is 15.8.